The predicted octanol–water partition coefficient (Wildman–Crippen LogP) is 10.5. The normalized spacial score (nSPS) is 14.9. The van der Waals surface area contributed by atoms with Crippen molar-refractivity contribution in [3.8, 4) is 0 Å². The third-order valence-electron chi connectivity index (χ3n) is 4.62. The van der Waals surface area contributed by atoms with Crippen molar-refractivity contribution in [2.45, 2.75) is 36.0 Å². The molecule has 0 saturated carbocycles. The molecule has 228 valence electrons. The molecule has 0 bridgehead atoms. The van der Waals surface area contributed by atoms with Gasteiger partial charge < -0.3 is 5.32 Å². The monoisotopic (exact) mass is 695 g/mol. The van der Waals surface area contributed by atoms with Gasteiger partial charge in [0.1, 0.15) is 0 Å². The summed E-state index contributed by atoms with van der Waals surface area (Å²) in [4.78, 5) is 4.59. The van der Waals surface area contributed by atoms with Crippen molar-refractivity contribution in [1.29, 1.82) is 0 Å². The van der Waals surface area contributed by atoms with Crippen molar-refractivity contribution >= 4 is 69.4 Å². The lowest BCUT2D eigenvalue weighted by molar-refractivity contribution is -0.337. The number of nitrogens with zero attached hydrogens (tertiary/aromatic N) is 2. The van der Waals surface area contributed by atoms with Gasteiger partial charge in [-0.25, -0.2) is 9.98 Å². The molecule has 0 saturated heterocycles. The summed E-state index contributed by atoms with van der Waals surface area (Å²) in [5, 5.41) is -1.32. The predicted molar refractivity (Wildman–Crippen MR) is 123 cm³/mol. The van der Waals surface area contributed by atoms with Gasteiger partial charge in [0, 0.05) is 10.0 Å². The van der Waals surface area contributed by atoms with E-state index in [-0.39, 0.29) is 10.0 Å². The Hall–Kier alpha value is -2.24. The minimum atomic E-state index is -7.22. The molecule has 3 nitrogen and oxygen atoms in total. The van der Waals surface area contributed by atoms with Gasteiger partial charge in [-0.05, 0) is 36.4 Å². The Bertz CT molecular complexity index is 1350. The molecule has 0 spiro atoms. The minimum Gasteiger partial charge on any atom is -0.337 e. The molecule has 1 N–H and O–H groups in total. The summed E-state index contributed by atoms with van der Waals surface area (Å²) in [6.07, 6.45) is -14.3. The second-order valence-electron chi connectivity index (χ2n) is 7.53. The summed E-state index contributed by atoms with van der Waals surface area (Å²) in [7, 11) is 0. The number of anilines is 1. The molecule has 0 aliphatic rings. The quantitative estimate of drug-likeness (QED) is 0.182. The topological polar surface area (TPSA) is 36.8 Å². The maximum atomic E-state index is 14.7. The first-order valence-electron chi connectivity index (χ1n) is 9.77. The molecule has 0 aliphatic heterocycles. The Labute approximate surface area is 238 Å². The molecule has 0 unspecified atom stereocenters. The molecule has 0 atom stereocenters. The number of alkyl halides is 14. The number of amidine groups is 2. The Morgan fingerprint density at radius 2 is 1.02 bits per heavy atom. The van der Waals surface area contributed by atoms with Gasteiger partial charge in [-0.3, -0.25) is 0 Å². The zero-order chi connectivity index (χ0) is 32.0. The fourth-order valence-electron chi connectivity index (χ4n) is 2.50. The maximum Gasteiger partial charge on any atom is 0.460 e. The van der Waals surface area contributed by atoms with Crippen LogP contribution in [0.4, 0.5) is 72.8 Å². The highest BCUT2D eigenvalue weighted by atomic mass is 35.5. The second kappa shape index (κ2) is 11.4. The van der Waals surface area contributed by atoms with E-state index >= 15 is 0 Å². The van der Waals surface area contributed by atoms with Crippen LogP contribution < -0.4 is 5.32 Å². The number of benzene rings is 2. The number of aliphatic imine (C=N–C) groups is 2. The van der Waals surface area contributed by atoms with Gasteiger partial charge in [0.2, 0.25) is 5.84 Å². The number of halogens is 18. The van der Waals surface area contributed by atoms with Crippen LogP contribution in [0, 0.1) is 0 Å². The number of hydrogen-bond donors (Lipinski definition) is 1. The van der Waals surface area contributed by atoms with Gasteiger partial charge >= 0.3 is 36.0 Å². The summed E-state index contributed by atoms with van der Waals surface area (Å²) in [5.41, 5.74) is -2.33. The first kappa shape index (κ1) is 35.0. The van der Waals surface area contributed by atoms with Crippen molar-refractivity contribution < 1.29 is 61.5 Å². The van der Waals surface area contributed by atoms with Gasteiger partial charge in [-0.2, -0.15) is 61.5 Å². The Balaban J connectivity index is 3.03. The highest BCUT2D eigenvalue weighted by Crippen LogP contribution is 2.50. The molecule has 0 amide bonds. The average molecular weight is 697 g/mol. The van der Waals surface area contributed by atoms with Crippen molar-refractivity contribution in [3.05, 3.63) is 56.5 Å². The molecule has 21 heteroatoms. The second-order valence-corrected chi connectivity index (χ2v) is 9.22. The van der Waals surface area contributed by atoms with Crippen LogP contribution in [0.15, 0.2) is 46.4 Å². The largest absolute Gasteiger partial charge is 0.460 e. The fourth-order valence-corrected chi connectivity index (χ4v) is 3.40. The van der Waals surface area contributed by atoms with Crippen molar-refractivity contribution in [1.82, 2.24) is 0 Å². The van der Waals surface area contributed by atoms with Crippen LogP contribution in [-0.4, -0.2) is 47.7 Å². The van der Waals surface area contributed by atoms with Crippen molar-refractivity contribution in [3.63, 3.8) is 0 Å². The lowest BCUT2D eigenvalue weighted by Crippen LogP contribution is -2.59. The molecular weight excluding hydrogens is 690 g/mol. The zero-order valence-corrected chi connectivity index (χ0v) is 21.7. The third-order valence-corrected chi connectivity index (χ3v) is 5.70. The van der Waals surface area contributed by atoms with E-state index in [9.17, 15) is 61.5 Å². The van der Waals surface area contributed by atoms with E-state index < -0.39 is 69.1 Å². The molecule has 2 rings (SSSR count). The standard InChI is InChI=1S/C20H7Cl4F14N3/c21-7-1-3-11(9(23)5-7)39-13(15(25,26)17(29,30)19(33,34)35)41-14(16(27,28)18(31,32)20(36,37)38)40-12-4-2-8(22)6-10(12)24/h1-6H,(H,39,40,41). The van der Waals surface area contributed by atoms with E-state index in [0.717, 1.165) is 17.4 Å². The number of hydrogen-bond acceptors (Lipinski definition) is 1. The highest BCUT2D eigenvalue weighted by Gasteiger charge is 2.77. The van der Waals surface area contributed by atoms with E-state index in [1.807, 2.05) is 4.99 Å². The van der Waals surface area contributed by atoms with Gasteiger partial charge in [0.15, 0.2) is 5.84 Å². The van der Waals surface area contributed by atoms with E-state index in [1.54, 1.807) is 0 Å². The summed E-state index contributed by atoms with van der Waals surface area (Å²) >= 11 is 22.3. The molecule has 0 aromatic heterocycles. The van der Waals surface area contributed by atoms with Crippen LogP contribution in [0.25, 0.3) is 0 Å². The van der Waals surface area contributed by atoms with Crippen molar-refractivity contribution in [2.75, 3.05) is 5.32 Å². The molecule has 2 aromatic carbocycles. The highest BCUT2D eigenvalue weighted by molar-refractivity contribution is 6.37. The van der Waals surface area contributed by atoms with Crippen LogP contribution in [-0.2, 0) is 0 Å². The van der Waals surface area contributed by atoms with E-state index in [0.29, 0.717) is 24.3 Å². The lowest BCUT2D eigenvalue weighted by atomic mass is 10.1. The summed E-state index contributed by atoms with van der Waals surface area (Å²) in [5.74, 6) is -34.6. The summed E-state index contributed by atoms with van der Waals surface area (Å²) < 4.78 is 192. The SMILES string of the molecule is FC(F)(F)C(F)(F)C(F)(F)C(=Nc1ccc(Cl)cc1Cl)N=C(Nc1ccc(Cl)cc1Cl)C(F)(F)C(F)(F)C(F)(F)F. The minimum absolute atomic E-state index is 0.289. The molecule has 0 fully saturated rings. The Morgan fingerprint density at radius 1 is 0.585 bits per heavy atom. The lowest BCUT2D eigenvalue weighted by Gasteiger charge is -2.31. The fraction of sp³-hybridized carbons (Fsp3) is 0.300. The molecule has 0 aliphatic carbocycles. The Kier molecular flexibility index (Phi) is 9.76. The molecular formula is C20H7Cl4F14N3. The third kappa shape index (κ3) is 6.88. The number of nitrogens with one attached hydrogen (secondary N) is 1. The number of rotatable bonds is 6. The molecule has 2 aromatic rings. The van der Waals surface area contributed by atoms with Crippen LogP contribution in [0.1, 0.15) is 0 Å². The van der Waals surface area contributed by atoms with Gasteiger partial charge in [-0.15, -0.1) is 0 Å². The van der Waals surface area contributed by atoms with Gasteiger partial charge in [-0.1, -0.05) is 46.4 Å². The first-order chi connectivity index (χ1) is 18.3. The van der Waals surface area contributed by atoms with Crippen molar-refractivity contribution in [2.24, 2.45) is 9.98 Å². The molecule has 0 heterocycles. The van der Waals surface area contributed by atoms with Gasteiger partial charge in [0.25, 0.3) is 0 Å². The summed E-state index contributed by atoms with van der Waals surface area (Å²) in [6.45, 7) is 0. The van der Waals surface area contributed by atoms with E-state index in [1.165, 1.54) is 0 Å². The molecule has 41 heavy (non-hydrogen) atoms. The molecule has 0 radical (unpaired) electrons. The summed E-state index contributed by atoms with van der Waals surface area (Å²) in [6, 6.07) is 3.76. The zero-order valence-electron chi connectivity index (χ0n) is 18.7. The van der Waals surface area contributed by atoms with Crippen LogP contribution in [0.2, 0.25) is 20.1 Å². The van der Waals surface area contributed by atoms with Crippen LogP contribution >= 0.6 is 46.4 Å². The van der Waals surface area contributed by atoms with E-state index in [4.69, 9.17) is 46.4 Å². The first-order valence-corrected chi connectivity index (χ1v) is 11.3. The maximum absolute atomic E-state index is 14.7. The Morgan fingerprint density at radius 3 is 1.46 bits per heavy atom. The van der Waals surface area contributed by atoms with E-state index in [2.05, 4.69) is 4.99 Å². The van der Waals surface area contributed by atoms with Crippen LogP contribution in [0.3, 0.4) is 0 Å². The van der Waals surface area contributed by atoms with Gasteiger partial charge in [0.05, 0.1) is 21.4 Å². The van der Waals surface area contributed by atoms with Crippen LogP contribution in [0.5, 0.6) is 0 Å². The smallest absolute Gasteiger partial charge is 0.337 e. The average Bonchev–Trinajstić information content (AvgIpc) is 2.79.